The molecule has 0 N–H and O–H groups in total. The Morgan fingerprint density at radius 1 is 0.655 bits per heavy atom. The van der Waals surface area contributed by atoms with Crippen molar-refractivity contribution in [2.75, 3.05) is 0 Å². The number of fused-ring (bicyclic) bond motifs is 6. The zero-order chi connectivity index (χ0) is 19.4. The molecule has 0 saturated heterocycles. The van der Waals surface area contributed by atoms with Gasteiger partial charge in [0.15, 0.2) is 0 Å². The van der Waals surface area contributed by atoms with Gasteiger partial charge < -0.3 is 4.57 Å². The number of aryl methyl sites for hydroxylation is 1. The van der Waals surface area contributed by atoms with E-state index in [4.69, 9.17) is 0 Å². The van der Waals surface area contributed by atoms with Crippen molar-refractivity contribution in [1.29, 1.82) is 0 Å². The molecule has 0 fully saturated rings. The van der Waals surface area contributed by atoms with Crippen LogP contribution < -0.4 is 0 Å². The molecule has 1 heteroatoms. The van der Waals surface area contributed by atoms with Crippen LogP contribution in [0.3, 0.4) is 0 Å². The molecule has 0 unspecified atom stereocenters. The second-order valence-electron chi connectivity index (χ2n) is 8.13. The largest absolute Gasteiger partial charge is 0.336 e. The molecule has 5 aromatic rings. The number of aromatic nitrogens is 1. The van der Waals surface area contributed by atoms with Crippen molar-refractivity contribution in [2.24, 2.45) is 0 Å². The fourth-order valence-electron chi connectivity index (χ4n) is 4.97. The highest BCUT2D eigenvalue weighted by Crippen LogP contribution is 2.37. The summed E-state index contributed by atoms with van der Waals surface area (Å²) in [6.07, 6.45) is 2.12. The Balaban J connectivity index is 1.47. The number of para-hydroxylation sites is 1. The molecule has 1 heterocycles. The van der Waals surface area contributed by atoms with Crippen LogP contribution in [0.5, 0.6) is 0 Å². The van der Waals surface area contributed by atoms with Gasteiger partial charge in [0, 0.05) is 28.4 Å². The fourth-order valence-corrected chi connectivity index (χ4v) is 4.97. The zero-order valence-corrected chi connectivity index (χ0v) is 16.7. The molecular weight excluding hydrogens is 350 g/mol. The standard InChI is InChI=1S/C28H23N/c1-2-19-12-14-28-26(16-19)25-9-5-6-10-27(25)29(28)18-20-11-13-24-22(15-20)17-21-7-3-4-8-23(21)24/h3-16H,2,17-18H2,1H3. The topological polar surface area (TPSA) is 4.93 Å². The number of hydrogen-bond acceptors (Lipinski definition) is 0. The highest BCUT2D eigenvalue weighted by atomic mass is 15.0. The van der Waals surface area contributed by atoms with Gasteiger partial charge in [-0.2, -0.15) is 0 Å². The minimum Gasteiger partial charge on any atom is -0.336 e. The molecule has 140 valence electrons. The zero-order valence-electron chi connectivity index (χ0n) is 16.7. The Morgan fingerprint density at radius 2 is 1.41 bits per heavy atom. The first-order valence-electron chi connectivity index (χ1n) is 10.5. The van der Waals surface area contributed by atoms with E-state index in [0.29, 0.717) is 0 Å². The number of hydrogen-bond donors (Lipinski definition) is 0. The summed E-state index contributed by atoms with van der Waals surface area (Å²) >= 11 is 0. The summed E-state index contributed by atoms with van der Waals surface area (Å²) in [6, 6.07) is 31.6. The minimum atomic E-state index is 0.902. The molecule has 1 aliphatic carbocycles. The van der Waals surface area contributed by atoms with E-state index >= 15 is 0 Å². The Bertz CT molecular complexity index is 1390. The molecule has 0 spiro atoms. The molecule has 0 atom stereocenters. The van der Waals surface area contributed by atoms with Crippen molar-refractivity contribution in [1.82, 2.24) is 4.57 Å². The van der Waals surface area contributed by atoms with Crippen molar-refractivity contribution in [3.8, 4) is 11.1 Å². The summed E-state index contributed by atoms with van der Waals surface area (Å²) in [7, 11) is 0. The smallest absolute Gasteiger partial charge is 0.0494 e. The number of benzene rings is 4. The summed E-state index contributed by atoms with van der Waals surface area (Å²) in [5, 5.41) is 2.72. The van der Waals surface area contributed by atoms with Crippen LogP contribution in [-0.4, -0.2) is 4.57 Å². The van der Waals surface area contributed by atoms with Gasteiger partial charge in [-0.3, -0.25) is 0 Å². The van der Waals surface area contributed by atoms with Gasteiger partial charge in [0.2, 0.25) is 0 Å². The summed E-state index contributed by atoms with van der Waals surface area (Å²) in [5.74, 6) is 0. The van der Waals surface area contributed by atoms with Crippen LogP contribution in [-0.2, 0) is 19.4 Å². The third-order valence-corrected chi connectivity index (χ3v) is 6.44. The highest BCUT2D eigenvalue weighted by Gasteiger charge is 2.18. The third kappa shape index (κ3) is 2.54. The lowest BCUT2D eigenvalue weighted by atomic mass is 10.0. The highest BCUT2D eigenvalue weighted by molar-refractivity contribution is 6.08. The van der Waals surface area contributed by atoms with Crippen LogP contribution >= 0.6 is 0 Å². The third-order valence-electron chi connectivity index (χ3n) is 6.44. The predicted octanol–water partition coefficient (Wildman–Crippen LogP) is 6.98. The lowest BCUT2D eigenvalue weighted by Crippen LogP contribution is -2.00. The Morgan fingerprint density at radius 3 is 2.34 bits per heavy atom. The molecule has 0 bridgehead atoms. The van der Waals surface area contributed by atoms with Crippen LogP contribution in [0, 0.1) is 0 Å². The second kappa shape index (κ2) is 6.35. The quantitative estimate of drug-likeness (QED) is 0.315. The molecule has 1 aliphatic rings. The van der Waals surface area contributed by atoms with Gasteiger partial charge in [0.05, 0.1) is 0 Å². The van der Waals surface area contributed by atoms with Crippen molar-refractivity contribution < 1.29 is 0 Å². The van der Waals surface area contributed by atoms with Gasteiger partial charge in [-0.15, -0.1) is 0 Å². The molecule has 1 nitrogen and oxygen atoms in total. The normalized spacial score (nSPS) is 12.4. The predicted molar refractivity (Wildman–Crippen MR) is 123 cm³/mol. The lowest BCUT2D eigenvalue weighted by Gasteiger charge is -2.10. The maximum absolute atomic E-state index is 2.48. The summed E-state index contributed by atoms with van der Waals surface area (Å²) in [5.41, 5.74) is 11.1. The first-order chi connectivity index (χ1) is 14.3. The van der Waals surface area contributed by atoms with Crippen LogP contribution in [0.2, 0.25) is 0 Å². The van der Waals surface area contributed by atoms with Gasteiger partial charge in [-0.25, -0.2) is 0 Å². The Labute approximate surface area is 171 Å². The van der Waals surface area contributed by atoms with Gasteiger partial charge in [0.25, 0.3) is 0 Å². The van der Waals surface area contributed by atoms with Gasteiger partial charge in [-0.05, 0) is 64.4 Å². The minimum absolute atomic E-state index is 0.902. The molecule has 29 heavy (non-hydrogen) atoms. The molecule has 4 aromatic carbocycles. The van der Waals surface area contributed by atoms with Crippen molar-refractivity contribution in [3.05, 3.63) is 107 Å². The van der Waals surface area contributed by atoms with E-state index in [1.807, 2.05) is 0 Å². The van der Waals surface area contributed by atoms with Crippen molar-refractivity contribution in [2.45, 2.75) is 26.3 Å². The molecule has 0 saturated carbocycles. The summed E-state index contributed by atoms with van der Waals surface area (Å²) in [6.45, 7) is 3.13. The maximum atomic E-state index is 2.48. The molecule has 0 amide bonds. The molecule has 0 aliphatic heterocycles. The second-order valence-corrected chi connectivity index (χ2v) is 8.13. The van der Waals surface area contributed by atoms with Crippen LogP contribution in [0.1, 0.15) is 29.2 Å². The number of rotatable bonds is 3. The van der Waals surface area contributed by atoms with Crippen LogP contribution in [0.4, 0.5) is 0 Å². The SMILES string of the molecule is CCc1ccc2c(c1)c1ccccc1n2Cc1ccc2c(c1)Cc1ccccc1-2. The van der Waals surface area contributed by atoms with E-state index in [1.165, 1.54) is 55.2 Å². The van der Waals surface area contributed by atoms with Gasteiger partial charge in [0.1, 0.15) is 0 Å². The van der Waals surface area contributed by atoms with Crippen molar-refractivity contribution >= 4 is 21.8 Å². The average molecular weight is 373 g/mol. The van der Waals surface area contributed by atoms with Gasteiger partial charge in [-0.1, -0.05) is 73.7 Å². The Hall–Kier alpha value is -3.32. The first-order valence-corrected chi connectivity index (χ1v) is 10.5. The van der Waals surface area contributed by atoms with Crippen molar-refractivity contribution in [3.63, 3.8) is 0 Å². The van der Waals surface area contributed by atoms with E-state index in [0.717, 1.165) is 19.4 Å². The van der Waals surface area contributed by atoms with Crippen LogP contribution in [0.15, 0.2) is 84.9 Å². The first kappa shape index (κ1) is 16.6. The molecule has 6 rings (SSSR count). The van der Waals surface area contributed by atoms with E-state index in [9.17, 15) is 0 Å². The Kier molecular flexibility index (Phi) is 3.64. The van der Waals surface area contributed by atoms with E-state index in [-0.39, 0.29) is 0 Å². The summed E-state index contributed by atoms with van der Waals surface area (Å²) < 4.78 is 2.48. The van der Waals surface area contributed by atoms with Crippen LogP contribution in [0.25, 0.3) is 32.9 Å². The average Bonchev–Trinajstić information content (AvgIpc) is 3.29. The molecular formula is C28H23N. The number of nitrogens with zero attached hydrogens (tertiary/aromatic N) is 1. The monoisotopic (exact) mass is 373 g/mol. The van der Waals surface area contributed by atoms with E-state index in [1.54, 1.807) is 0 Å². The molecule has 0 radical (unpaired) electrons. The van der Waals surface area contributed by atoms with E-state index in [2.05, 4.69) is 96.4 Å². The van der Waals surface area contributed by atoms with E-state index < -0.39 is 0 Å². The van der Waals surface area contributed by atoms with Gasteiger partial charge >= 0.3 is 0 Å². The fraction of sp³-hybridized carbons (Fsp3) is 0.143. The maximum Gasteiger partial charge on any atom is 0.0494 e. The molecule has 1 aromatic heterocycles. The lowest BCUT2D eigenvalue weighted by molar-refractivity contribution is 0.867. The summed E-state index contributed by atoms with van der Waals surface area (Å²) in [4.78, 5) is 0.